The van der Waals surface area contributed by atoms with Crippen LogP contribution in [0.1, 0.15) is 22.3 Å². The normalized spacial score (nSPS) is 10.3. The average molecular weight is 434 g/mol. The summed E-state index contributed by atoms with van der Waals surface area (Å²) in [7, 11) is 4.60. The topological polar surface area (TPSA) is 71.1 Å². The lowest BCUT2D eigenvalue weighted by molar-refractivity contribution is -0.142. The molecule has 0 radical (unpaired) electrons. The smallest absolute Gasteiger partial charge is 0.306 e. The Labute approximate surface area is 187 Å². The maximum atomic E-state index is 12.4. The Morgan fingerprint density at radius 2 is 1.34 bits per heavy atom. The summed E-state index contributed by atoms with van der Waals surface area (Å²) in [6.07, 6.45) is 0.536. The number of carbonyl (C=O) groups excluding carboxylic acids is 2. The summed E-state index contributed by atoms with van der Waals surface area (Å²) in [5.74, 6) is 0.831. The minimum atomic E-state index is -0.451. The predicted molar refractivity (Wildman–Crippen MR) is 122 cm³/mol. The number of carbonyl (C=O) groups is 2. The molecule has 3 aromatic rings. The monoisotopic (exact) mass is 434 g/mol. The van der Waals surface area contributed by atoms with Gasteiger partial charge < -0.3 is 18.9 Å². The van der Waals surface area contributed by atoms with Gasteiger partial charge in [0.25, 0.3) is 0 Å². The zero-order chi connectivity index (χ0) is 22.9. The summed E-state index contributed by atoms with van der Waals surface area (Å²) in [6, 6.07) is 20.7. The van der Waals surface area contributed by atoms with Gasteiger partial charge in [0.1, 0.15) is 0 Å². The molecule has 0 unspecified atom stereocenters. The summed E-state index contributed by atoms with van der Waals surface area (Å²) in [4.78, 5) is 24.5. The van der Waals surface area contributed by atoms with E-state index in [4.69, 9.17) is 18.9 Å². The van der Waals surface area contributed by atoms with E-state index in [1.54, 1.807) is 24.3 Å². The van der Waals surface area contributed by atoms with Crippen LogP contribution in [0.3, 0.4) is 0 Å². The summed E-state index contributed by atoms with van der Waals surface area (Å²) in [6.45, 7) is -0.293. The van der Waals surface area contributed by atoms with Gasteiger partial charge >= 0.3 is 5.97 Å². The van der Waals surface area contributed by atoms with E-state index >= 15 is 0 Å². The average Bonchev–Trinajstić information content (AvgIpc) is 2.85. The fourth-order valence-electron chi connectivity index (χ4n) is 3.31. The highest BCUT2D eigenvalue weighted by molar-refractivity contribution is 5.98. The minimum absolute atomic E-state index is 0.124. The molecule has 3 rings (SSSR count). The van der Waals surface area contributed by atoms with Crippen LogP contribution in [0.5, 0.6) is 17.2 Å². The van der Waals surface area contributed by atoms with Gasteiger partial charge in [0, 0.05) is 12.0 Å². The van der Waals surface area contributed by atoms with E-state index in [0.29, 0.717) is 29.2 Å². The second-order valence-corrected chi connectivity index (χ2v) is 7.06. The van der Waals surface area contributed by atoms with Crippen molar-refractivity contribution in [2.24, 2.45) is 0 Å². The van der Waals surface area contributed by atoms with Crippen LogP contribution in [0.4, 0.5) is 0 Å². The van der Waals surface area contributed by atoms with Crippen molar-refractivity contribution in [2.45, 2.75) is 12.8 Å². The number of aryl methyl sites for hydroxylation is 1. The van der Waals surface area contributed by atoms with Crippen molar-refractivity contribution in [1.82, 2.24) is 0 Å². The number of ether oxygens (including phenoxy) is 4. The Hall–Kier alpha value is -3.80. The van der Waals surface area contributed by atoms with Crippen LogP contribution in [-0.2, 0) is 16.0 Å². The van der Waals surface area contributed by atoms with E-state index in [2.05, 4.69) is 0 Å². The quantitative estimate of drug-likeness (QED) is 0.339. The van der Waals surface area contributed by atoms with E-state index in [0.717, 1.165) is 16.7 Å². The molecular weight excluding hydrogens is 408 g/mol. The van der Waals surface area contributed by atoms with Crippen LogP contribution in [0.2, 0.25) is 0 Å². The molecule has 0 saturated carbocycles. The first-order valence-electron chi connectivity index (χ1n) is 10.2. The van der Waals surface area contributed by atoms with Gasteiger partial charge in [-0.2, -0.15) is 0 Å². The Kier molecular flexibility index (Phi) is 7.86. The van der Waals surface area contributed by atoms with Crippen molar-refractivity contribution < 1.29 is 28.5 Å². The molecule has 0 heterocycles. The van der Waals surface area contributed by atoms with Crippen molar-refractivity contribution in [3.63, 3.8) is 0 Å². The highest BCUT2D eigenvalue weighted by atomic mass is 16.5. The number of methoxy groups -OCH3 is 3. The van der Waals surface area contributed by atoms with Crippen molar-refractivity contribution in [3.8, 4) is 28.4 Å². The van der Waals surface area contributed by atoms with Crippen LogP contribution < -0.4 is 14.2 Å². The van der Waals surface area contributed by atoms with Gasteiger partial charge in [-0.1, -0.05) is 54.6 Å². The molecule has 32 heavy (non-hydrogen) atoms. The van der Waals surface area contributed by atoms with Gasteiger partial charge in [-0.05, 0) is 35.2 Å². The largest absolute Gasteiger partial charge is 0.493 e. The van der Waals surface area contributed by atoms with Crippen LogP contribution in [0.15, 0.2) is 66.7 Å². The maximum absolute atomic E-state index is 12.4. The van der Waals surface area contributed by atoms with E-state index in [9.17, 15) is 9.59 Å². The van der Waals surface area contributed by atoms with E-state index in [1.165, 1.54) is 21.3 Å². The number of benzene rings is 3. The second-order valence-electron chi connectivity index (χ2n) is 7.06. The fourth-order valence-corrected chi connectivity index (χ4v) is 3.31. The standard InChI is InChI=1S/C26H26O6/c1-29-23-15-18(16-24(30-2)26(23)31-3)9-14-25(28)32-17-22(27)21-12-10-20(11-13-21)19-7-5-4-6-8-19/h4-8,10-13,15-16H,9,14,17H2,1-3H3. The molecule has 0 spiro atoms. The van der Waals surface area contributed by atoms with E-state index < -0.39 is 5.97 Å². The van der Waals surface area contributed by atoms with Crippen molar-refractivity contribution in [3.05, 3.63) is 77.9 Å². The van der Waals surface area contributed by atoms with Gasteiger partial charge in [-0.3, -0.25) is 9.59 Å². The van der Waals surface area contributed by atoms with E-state index in [1.807, 2.05) is 42.5 Å². The molecule has 0 amide bonds. The second kappa shape index (κ2) is 11.0. The number of Topliss-reactive ketones (excluding diaryl/α,β-unsaturated/α-hetero) is 1. The molecule has 0 fully saturated rings. The fraction of sp³-hybridized carbons (Fsp3) is 0.231. The Morgan fingerprint density at radius 3 is 1.91 bits per heavy atom. The molecule has 0 bridgehead atoms. The lowest BCUT2D eigenvalue weighted by atomic mass is 10.0. The first-order chi connectivity index (χ1) is 15.5. The molecule has 0 atom stereocenters. The lowest BCUT2D eigenvalue weighted by Crippen LogP contribution is -2.14. The number of rotatable bonds is 10. The third-order valence-electron chi connectivity index (χ3n) is 5.02. The maximum Gasteiger partial charge on any atom is 0.306 e. The van der Waals surface area contributed by atoms with Gasteiger partial charge in [-0.25, -0.2) is 0 Å². The molecule has 0 aliphatic rings. The SMILES string of the molecule is COc1cc(CCC(=O)OCC(=O)c2ccc(-c3ccccc3)cc2)cc(OC)c1OC. The first kappa shape index (κ1) is 22.9. The molecule has 0 aliphatic heterocycles. The highest BCUT2D eigenvalue weighted by Gasteiger charge is 2.15. The highest BCUT2D eigenvalue weighted by Crippen LogP contribution is 2.38. The van der Waals surface area contributed by atoms with Gasteiger partial charge in [-0.15, -0.1) is 0 Å². The summed E-state index contributed by atoms with van der Waals surface area (Å²) in [5.41, 5.74) is 3.43. The number of hydrogen-bond donors (Lipinski definition) is 0. The van der Waals surface area contributed by atoms with E-state index in [-0.39, 0.29) is 18.8 Å². The molecule has 6 nitrogen and oxygen atoms in total. The zero-order valence-electron chi connectivity index (χ0n) is 18.4. The minimum Gasteiger partial charge on any atom is -0.493 e. The molecule has 166 valence electrons. The van der Waals surface area contributed by atoms with Crippen molar-refractivity contribution in [2.75, 3.05) is 27.9 Å². The summed E-state index contributed by atoms with van der Waals surface area (Å²) < 4.78 is 21.1. The third kappa shape index (κ3) is 5.66. The predicted octanol–water partition coefficient (Wildman–Crippen LogP) is 4.74. The number of ketones is 1. The molecule has 0 N–H and O–H groups in total. The van der Waals surface area contributed by atoms with Crippen LogP contribution in [-0.4, -0.2) is 39.7 Å². The Balaban J connectivity index is 1.53. The molecule has 3 aromatic carbocycles. The third-order valence-corrected chi connectivity index (χ3v) is 5.02. The zero-order valence-corrected chi connectivity index (χ0v) is 18.4. The molecular formula is C26H26O6. The summed E-state index contributed by atoms with van der Waals surface area (Å²) >= 11 is 0. The van der Waals surface area contributed by atoms with Crippen molar-refractivity contribution in [1.29, 1.82) is 0 Å². The van der Waals surface area contributed by atoms with Gasteiger partial charge in [0.2, 0.25) is 5.75 Å². The Morgan fingerprint density at radius 1 is 0.750 bits per heavy atom. The van der Waals surface area contributed by atoms with Crippen LogP contribution in [0.25, 0.3) is 11.1 Å². The molecule has 0 aliphatic carbocycles. The number of esters is 1. The summed E-state index contributed by atoms with van der Waals surface area (Å²) in [5, 5.41) is 0. The molecule has 0 saturated heterocycles. The number of hydrogen-bond acceptors (Lipinski definition) is 6. The van der Waals surface area contributed by atoms with Crippen molar-refractivity contribution >= 4 is 11.8 Å². The Bertz CT molecular complexity index is 1030. The first-order valence-corrected chi connectivity index (χ1v) is 10.2. The molecule has 6 heteroatoms. The van der Waals surface area contributed by atoms with Crippen LogP contribution >= 0.6 is 0 Å². The van der Waals surface area contributed by atoms with Gasteiger partial charge in [0.15, 0.2) is 23.9 Å². The lowest BCUT2D eigenvalue weighted by Gasteiger charge is -2.14. The molecule has 0 aromatic heterocycles. The van der Waals surface area contributed by atoms with Gasteiger partial charge in [0.05, 0.1) is 21.3 Å². The van der Waals surface area contributed by atoms with Crippen LogP contribution in [0, 0.1) is 0 Å².